The van der Waals surface area contributed by atoms with E-state index in [0.717, 1.165) is 83.5 Å². The summed E-state index contributed by atoms with van der Waals surface area (Å²) < 4.78 is 120. The molecular formula is C42H36F8N2O2S2. The molecule has 6 rings (SSSR count). The van der Waals surface area contributed by atoms with Gasteiger partial charge in [0.2, 0.25) is 0 Å². The molecule has 1 aliphatic carbocycles. The van der Waals surface area contributed by atoms with Crippen LogP contribution in [-0.2, 0) is 17.6 Å². The average molecular weight is 817 g/mol. The van der Waals surface area contributed by atoms with Gasteiger partial charge in [-0.25, -0.2) is 39.9 Å². The number of hydrogen-bond acceptors (Lipinski definition) is 4. The molecule has 0 fully saturated rings. The highest BCUT2D eigenvalue weighted by atomic mass is 32.1. The van der Waals surface area contributed by atoms with Crippen LogP contribution in [-0.4, -0.2) is 21.8 Å². The van der Waals surface area contributed by atoms with Crippen molar-refractivity contribution < 1.29 is 45.0 Å². The van der Waals surface area contributed by atoms with Crippen LogP contribution in [0.2, 0.25) is 0 Å². The predicted molar refractivity (Wildman–Crippen MR) is 205 cm³/mol. The first kappa shape index (κ1) is 40.9. The Balaban J connectivity index is 1.46. The quantitative estimate of drug-likeness (QED) is 0.0286. The van der Waals surface area contributed by atoms with Gasteiger partial charge < -0.3 is 9.67 Å². The van der Waals surface area contributed by atoms with Crippen molar-refractivity contribution in [2.45, 2.75) is 90.4 Å². The van der Waals surface area contributed by atoms with Gasteiger partial charge in [0.25, 0.3) is 0 Å². The van der Waals surface area contributed by atoms with Gasteiger partial charge in [-0.2, -0.15) is 5.26 Å². The van der Waals surface area contributed by atoms with Crippen LogP contribution in [0.3, 0.4) is 0 Å². The summed E-state index contributed by atoms with van der Waals surface area (Å²) >= 11 is 2.83. The number of hydrogen-bond donors (Lipinski definition) is 1. The Kier molecular flexibility index (Phi) is 12.5. The Bertz CT molecular complexity index is 2400. The monoisotopic (exact) mass is 816 g/mol. The number of carboxylic acid groups (broad SMARTS) is 1. The number of nitriles is 1. The molecule has 0 radical (unpaired) electrons. The lowest BCUT2D eigenvalue weighted by Gasteiger charge is -2.21. The normalized spacial score (nSPS) is 15.8. The van der Waals surface area contributed by atoms with Crippen LogP contribution < -0.4 is 0 Å². The molecule has 1 N–H and O–H groups in total. The third-order valence-corrected chi connectivity index (χ3v) is 12.4. The minimum atomic E-state index is -3.22. The second kappa shape index (κ2) is 17.2. The molecule has 2 unspecified atom stereocenters. The van der Waals surface area contributed by atoms with E-state index in [4.69, 9.17) is 0 Å². The second-order valence-corrected chi connectivity index (χ2v) is 15.8. The lowest BCUT2D eigenvalue weighted by molar-refractivity contribution is -0.132. The highest BCUT2D eigenvalue weighted by molar-refractivity contribution is 7.24. The molecule has 2 atom stereocenters. The van der Waals surface area contributed by atoms with Crippen LogP contribution in [0.15, 0.2) is 47.8 Å². The number of unbranched alkanes of at least 4 members (excludes halogenated alkanes) is 6. The number of alkyl halides is 2. The zero-order valence-electron chi connectivity index (χ0n) is 30.4. The van der Waals surface area contributed by atoms with Crippen LogP contribution in [0.1, 0.15) is 98.6 Å². The summed E-state index contributed by atoms with van der Waals surface area (Å²) in [7, 11) is 0. The highest BCUT2D eigenvalue weighted by Crippen LogP contribution is 2.50. The van der Waals surface area contributed by atoms with Gasteiger partial charge in [0.05, 0.1) is 11.2 Å². The first-order valence-corrected chi connectivity index (χ1v) is 19.9. The molecule has 3 aromatic heterocycles. The summed E-state index contributed by atoms with van der Waals surface area (Å²) in [4.78, 5) is 15.0. The molecule has 0 amide bonds. The number of allylic oxidation sites excluding steroid dienone is 1. The summed E-state index contributed by atoms with van der Waals surface area (Å²) in [5, 5.41) is 17.8. The molecule has 294 valence electrons. The third-order valence-electron chi connectivity index (χ3n) is 9.92. The maximum atomic E-state index is 15.4. The maximum Gasteiger partial charge on any atom is 0.346 e. The van der Waals surface area contributed by atoms with Crippen molar-refractivity contribution in [3.05, 3.63) is 98.3 Å². The Hall–Kier alpha value is -4.74. The SMILES string of the molecule is CCCCCCc1cc(-c2sc(-c3ccc(-n4c5c(c6c(F)c(F)c(F)c(F)c64)C(F)C(F)C(F)=C5F)cc3)cc2CCCCCC)sc1/C=C(/C#N)C(=O)O. The summed E-state index contributed by atoms with van der Waals surface area (Å²) in [5.74, 6) is -14.1. The van der Waals surface area contributed by atoms with Crippen LogP contribution >= 0.6 is 22.7 Å². The fourth-order valence-electron chi connectivity index (χ4n) is 7.05. The standard InChI is InChI=1S/C42H36F8N2O2S2/c1-3-5-7-9-11-22-17-28(55-27(22)19-24(20-51)42(53)54)41-23(12-10-8-6-4-2)18-26(56-41)21-13-15-25(16-14-21)52-39-29(31(43)33(45)35(47)37(39)49)30-32(44)34(46)36(48)38(50)40(30)52/h13-19,31,33H,3-12H2,1-2H3,(H,53,54)/b24-19-. The van der Waals surface area contributed by atoms with Crippen molar-refractivity contribution in [2.75, 3.05) is 0 Å². The van der Waals surface area contributed by atoms with E-state index in [2.05, 4.69) is 13.8 Å². The van der Waals surface area contributed by atoms with Crippen molar-refractivity contribution in [1.29, 1.82) is 5.26 Å². The van der Waals surface area contributed by atoms with E-state index in [1.54, 1.807) is 6.07 Å². The van der Waals surface area contributed by atoms with Crippen LogP contribution in [0.4, 0.5) is 35.1 Å². The number of aryl methyl sites for hydroxylation is 2. The van der Waals surface area contributed by atoms with Crippen LogP contribution in [0, 0.1) is 34.6 Å². The summed E-state index contributed by atoms with van der Waals surface area (Å²) in [6, 6.07) is 11.5. The van der Waals surface area contributed by atoms with Gasteiger partial charge in [0, 0.05) is 36.1 Å². The molecular weight excluding hydrogens is 781 g/mol. The molecule has 1 aliphatic rings. The van der Waals surface area contributed by atoms with E-state index in [-0.39, 0.29) is 11.3 Å². The van der Waals surface area contributed by atoms with Gasteiger partial charge in [-0.3, -0.25) is 0 Å². The van der Waals surface area contributed by atoms with Crippen molar-refractivity contribution in [3.8, 4) is 32.0 Å². The van der Waals surface area contributed by atoms with E-state index >= 15 is 17.6 Å². The van der Waals surface area contributed by atoms with Gasteiger partial charge in [0.15, 0.2) is 47.3 Å². The van der Waals surface area contributed by atoms with E-state index < -0.39 is 75.4 Å². The lowest BCUT2D eigenvalue weighted by atomic mass is 9.95. The zero-order chi connectivity index (χ0) is 40.4. The van der Waals surface area contributed by atoms with E-state index in [1.165, 1.54) is 53.0 Å². The molecule has 56 heavy (non-hydrogen) atoms. The van der Waals surface area contributed by atoms with Crippen molar-refractivity contribution in [1.82, 2.24) is 4.57 Å². The number of thiophene rings is 2. The minimum absolute atomic E-state index is 0.192. The minimum Gasteiger partial charge on any atom is -0.477 e. The number of aromatic nitrogens is 1. The smallest absolute Gasteiger partial charge is 0.346 e. The van der Waals surface area contributed by atoms with E-state index in [1.807, 2.05) is 12.1 Å². The molecule has 0 aliphatic heterocycles. The zero-order valence-corrected chi connectivity index (χ0v) is 32.0. The number of carbonyl (C=O) groups is 1. The maximum absolute atomic E-state index is 15.4. The molecule has 0 saturated heterocycles. The topological polar surface area (TPSA) is 66.0 Å². The molecule has 14 heteroatoms. The Labute approximate surface area is 326 Å². The fraction of sp³-hybridized carbons (Fsp3) is 0.333. The first-order chi connectivity index (χ1) is 26.8. The highest BCUT2D eigenvalue weighted by Gasteiger charge is 2.44. The number of rotatable bonds is 15. The van der Waals surface area contributed by atoms with Gasteiger partial charge in [-0.05, 0) is 72.7 Å². The molecule has 2 aromatic carbocycles. The number of nitrogens with zero attached hydrogens (tertiary/aromatic N) is 2. The average Bonchev–Trinajstić information content (AvgIpc) is 3.91. The van der Waals surface area contributed by atoms with Crippen LogP contribution in [0.5, 0.6) is 0 Å². The summed E-state index contributed by atoms with van der Waals surface area (Å²) in [6.45, 7) is 4.21. The Morgan fingerprint density at radius 1 is 0.804 bits per heavy atom. The molecule has 5 aromatic rings. The largest absolute Gasteiger partial charge is 0.477 e. The number of aliphatic carboxylic acids is 1. The summed E-state index contributed by atoms with van der Waals surface area (Å²) in [6.07, 6.45) is 4.50. The van der Waals surface area contributed by atoms with E-state index in [0.29, 0.717) is 21.4 Å². The van der Waals surface area contributed by atoms with Crippen molar-refractivity contribution in [3.63, 3.8) is 0 Å². The third kappa shape index (κ3) is 7.55. The number of fused-ring (bicyclic) bond motifs is 3. The van der Waals surface area contributed by atoms with E-state index in [9.17, 15) is 32.7 Å². The molecule has 0 saturated carbocycles. The number of halogens is 8. The van der Waals surface area contributed by atoms with Gasteiger partial charge in [-0.15, -0.1) is 22.7 Å². The molecule has 4 nitrogen and oxygen atoms in total. The van der Waals surface area contributed by atoms with Crippen molar-refractivity contribution in [2.24, 2.45) is 0 Å². The second-order valence-electron chi connectivity index (χ2n) is 13.7. The summed E-state index contributed by atoms with van der Waals surface area (Å²) in [5.41, 5.74) is -1.41. The van der Waals surface area contributed by atoms with Gasteiger partial charge in [-0.1, -0.05) is 64.5 Å². The predicted octanol–water partition coefficient (Wildman–Crippen LogP) is 13.9. The molecule has 0 spiro atoms. The number of benzene rings is 2. The molecule has 0 bridgehead atoms. The number of carboxylic acids is 1. The lowest BCUT2D eigenvalue weighted by Crippen LogP contribution is -2.18. The van der Waals surface area contributed by atoms with Gasteiger partial charge >= 0.3 is 5.97 Å². The molecule has 3 heterocycles. The first-order valence-electron chi connectivity index (χ1n) is 18.3. The Morgan fingerprint density at radius 2 is 1.41 bits per heavy atom. The fourth-order valence-corrected chi connectivity index (χ4v) is 9.56. The van der Waals surface area contributed by atoms with Gasteiger partial charge in [0.1, 0.15) is 11.6 Å². The van der Waals surface area contributed by atoms with Crippen molar-refractivity contribution >= 4 is 51.4 Å². The van der Waals surface area contributed by atoms with Crippen LogP contribution in [0.25, 0.3) is 48.7 Å². The Morgan fingerprint density at radius 3 is 2.02 bits per heavy atom.